The van der Waals surface area contributed by atoms with Gasteiger partial charge in [-0.2, -0.15) is 13.2 Å². The number of aryl methyl sites for hydroxylation is 2. The molecule has 0 fully saturated rings. The number of hydrogen-bond acceptors (Lipinski definition) is 5. The van der Waals surface area contributed by atoms with Crippen LogP contribution in [0.15, 0.2) is 48.9 Å². The summed E-state index contributed by atoms with van der Waals surface area (Å²) < 4.78 is 48.0. The van der Waals surface area contributed by atoms with Gasteiger partial charge in [-0.05, 0) is 49.1 Å². The Labute approximate surface area is 194 Å². The zero-order chi connectivity index (χ0) is 24.0. The van der Waals surface area contributed by atoms with Crippen LogP contribution in [0, 0.1) is 6.92 Å². The van der Waals surface area contributed by atoms with Crippen molar-refractivity contribution >= 4 is 0 Å². The van der Waals surface area contributed by atoms with Crippen molar-refractivity contribution in [3.63, 3.8) is 0 Å². The molecule has 0 saturated heterocycles. The number of ether oxygens (including phenoxy) is 1. The number of imidazole rings is 1. The van der Waals surface area contributed by atoms with Crippen LogP contribution in [0.4, 0.5) is 13.2 Å². The minimum absolute atomic E-state index is 0.0122. The molecule has 4 heterocycles. The second-order valence-electron chi connectivity index (χ2n) is 8.47. The molecule has 1 aromatic carbocycles. The van der Waals surface area contributed by atoms with Gasteiger partial charge in [0.15, 0.2) is 5.82 Å². The van der Waals surface area contributed by atoms with Gasteiger partial charge in [0.25, 0.3) is 0 Å². The lowest BCUT2D eigenvalue weighted by Gasteiger charge is -2.29. The van der Waals surface area contributed by atoms with Crippen LogP contribution in [-0.2, 0) is 12.7 Å². The average molecular weight is 468 g/mol. The number of pyridine rings is 1. The Balaban J connectivity index is 1.43. The minimum Gasteiger partial charge on any atom is -0.479 e. The van der Waals surface area contributed by atoms with E-state index in [-0.39, 0.29) is 11.8 Å². The van der Waals surface area contributed by atoms with E-state index in [0.717, 1.165) is 41.3 Å². The van der Waals surface area contributed by atoms with Gasteiger partial charge in [-0.15, -0.1) is 5.10 Å². The van der Waals surface area contributed by atoms with E-state index in [4.69, 9.17) is 9.72 Å². The topological polar surface area (TPSA) is 70.7 Å². The van der Waals surface area contributed by atoms with Crippen molar-refractivity contribution in [3.8, 4) is 23.1 Å². The zero-order valence-corrected chi connectivity index (χ0v) is 18.9. The first-order valence-corrected chi connectivity index (χ1v) is 10.9. The average Bonchev–Trinajstić information content (AvgIpc) is 3.45. The number of halogens is 3. The summed E-state index contributed by atoms with van der Waals surface area (Å²) in [5.74, 6) is 1.75. The SMILES string of the molecule is COc1nc(-c2nc3n(n2)CC[C@H](c2ccc(C(F)(F)F)cc2)[C@H]3C)ccc1-n1cnc(C)c1. The van der Waals surface area contributed by atoms with Crippen molar-refractivity contribution in [2.24, 2.45) is 0 Å². The molecule has 0 N–H and O–H groups in total. The molecular weight excluding hydrogens is 445 g/mol. The molecule has 0 spiro atoms. The summed E-state index contributed by atoms with van der Waals surface area (Å²) in [7, 11) is 1.56. The summed E-state index contributed by atoms with van der Waals surface area (Å²) in [6, 6.07) is 9.15. The summed E-state index contributed by atoms with van der Waals surface area (Å²) in [6.07, 6.45) is 0.00507. The quantitative estimate of drug-likeness (QED) is 0.414. The van der Waals surface area contributed by atoms with E-state index in [9.17, 15) is 13.2 Å². The van der Waals surface area contributed by atoms with Crippen LogP contribution in [0.1, 0.15) is 47.8 Å². The smallest absolute Gasteiger partial charge is 0.416 e. The molecule has 0 aliphatic carbocycles. The maximum Gasteiger partial charge on any atom is 0.416 e. The van der Waals surface area contributed by atoms with Crippen LogP contribution in [0.2, 0.25) is 0 Å². The predicted octanol–water partition coefficient (Wildman–Crippen LogP) is 5.15. The summed E-state index contributed by atoms with van der Waals surface area (Å²) >= 11 is 0. The molecule has 0 unspecified atom stereocenters. The van der Waals surface area contributed by atoms with Crippen molar-refractivity contribution in [3.05, 3.63) is 71.6 Å². The lowest BCUT2D eigenvalue weighted by Crippen LogP contribution is -2.22. The van der Waals surface area contributed by atoms with Gasteiger partial charge < -0.3 is 9.30 Å². The molecule has 5 rings (SSSR count). The molecule has 10 heteroatoms. The second kappa shape index (κ2) is 8.27. The van der Waals surface area contributed by atoms with Gasteiger partial charge in [0.05, 0.1) is 24.7 Å². The lowest BCUT2D eigenvalue weighted by molar-refractivity contribution is -0.137. The highest BCUT2D eigenvalue weighted by Gasteiger charge is 2.33. The first-order valence-electron chi connectivity index (χ1n) is 10.9. The summed E-state index contributed by atoms with van der Waals surface area (Å²) in [4.78, 5) is 13.6. The van der Waals surface area contributed by atoms with Gasteiger partial charge in [0.1, 0.15) is 17.2 Å². The van der Waals surface area contributed by atoms with Crippen molar-refractivity contribution in [1.29, 1.82) is 0 Å². The van der Waals surface area contributed by atoms with E-state index >= 15 is 0 Å². The van der Waals surface area contributed by atoms with E-state index in [2.05, 4.69) is 15.1 Å². The number of alkyl halides is 3. The maximum atomic E-state index is 12.9. The van der Waals surface area contributed by atoms with Gasteiger partial charge in [-0.3, -0.25) is 0 Å². The monoisotopic (exact) mass is 468 g/mol. The highest BCUT2D eigenvalue weighted by atomic mass is 19.4. The summed E-state index contributed by atoms with van der Waals surface area (Å²) in [5.41, 5.74) is 2.45. The van der Waals surface area contributed by atoms with Crippen molar-refractivity contribution in [2.45, 2.75) is 44.8 Å². The fraction of sp³-hybridized carbons (Fsp3) is 0.333. The van der Waals surface area contributed by atoms with Gasteiger partial charge in [-0.25, -0.2) is 19.6 Å². The fourth-order valence-electron chi connectivity index (χ4n) is 4.49. The maximum absolute atomic E-state index is 12.9. The number of rotatable bonds is 4. The Morgan fingerprint density at radius 3 is 2.47 bits per heavy atom. The largest absolute Gasteiger partial charge is 0.479 e. The molecule has 4 aromatic rings. The molecule has 176 valence electrons. The van der Waals surface area contributed by atoms with E-state index in [1.165, 1.54) is 0 Å². The van der Waals surface area contributed by atoms with Gasteiger partial charge in [0.2, 0.25) is 5.88 Å². The molecule has 3 aromatic heterocycles. The number of methoxy groups -OCH3 is 1. The molecule has 0 bridgehead atoms. The molecular formula is C24H23F3N6O. The number of benzene rings is 1. The minimum atomic E-state index is -4.34. The zero-order valence-electron chi connectivity index (χ0n) is 18.9. The molecule has 0 saturated carbocycles. The summed E-state index contributed by atoms with van der Waals surface area (Å²) in [5, 5.41) is 4.65. The third-order valence-corrected chi connectivity index (χ3v) is 6.28. The molecule has 0 amide bonds. The van der Waals surface area contributed by atoms with Crippen LogP contribution in [0.25, 0.3) is 17.2 Å². The number of hydrogen-bond donors (Lipinski definition) is 0. The van der Waals surface area contributed by atoms with E-state index in [1.54, 1.807) is 25.6 Å². The van der Waals surface area contributed by atoms with Crippen LogP contribution in [-0.4, -0.2) is 36.4 Å². The second-order valence-corrected chi connectivity index (χ2v) is 8.47. The Morgan fingerprint density at radius 2 is 1.82 bits per heavy atom. The summed E-state index contributed by atoms with van der Waals surface area (Å²) in [6.45, 7) is 4.57. The van der Waals surface area contributed by atoms with E-state index in [1.807, 2.05) is 41.4 Å². The van der Waals surface area contributed by atoms with E-state index < -0.39 is 11.7 Å². The molecule has 1 aliphatic rings. The normalized spacial score (nSPS) is 18.1. The Hall–Kier alpha value is -3.69. The first kappa shape index (κ1) is 22.1. The number of nitrogens with zero attached hydrogens (tertiary/aromatic N) is 6. The fourth-order valence-corrected chi connectivity index (χ4v) is 4.49. The van der Waals surface area contributed by atoms with Crippen molar-refractivity contribution in [2.75, 3.05) is 7.11 Å². The van der Waals surface area contributed by atoms with Crippen molar-refractivity contribution < 1.29 is 17.9 Å². The van der Waals surface area contributed by atoms with Gasteiger partial charge >= 0.3 is 6.18 Å². The third kappa shape index (κ3) is 3.93. The van der Waals surface area contributed by atoms with Crippen LogP contribution < -0.4 is 4.74 Å². The van der Waals surface area contributed by atoms with Crippen LogP contribution in [0.5, 0.6) is 5.88 Å². The molecule has 2 atom stereocenters. The highest BCUT2D eigenvalue weighted by Crippen LogP contribution is 2.40. The highest BCUT2D eigenvalue weighted by molar-refractivity contribution is 5.55. The van der Waals surface area contributed by atoms with Crippen LogP contribution in [0.3, 0.4) is 0 Å². The molecule has 1 aliphatic heterocycles. The molecule has 34 heavy (non-hydrogen) atoms. The Bertz CT molecular complexity index is 1330. The molecule has 0 radical (unpaired) electrons. The molecule has 7 nitrogen and oxygen atoms in total. The van der Waals surface area contributed by atoms with E-state index in [0.29, 0.717) is 23.9 Å². The first-order chi connectivity index (χ1) is 16.2. The number of fused-ring (bicyclic) bond motifs is 1. The predicted molar refractivity (Wildman–Crippen MR) is 119 cm³/mol. The lowest BCUT2D eigenvalue weighted by atomic mass is 9.82. The van der Waals surface area contributed by atoms with Gasteiger partial charge in [-0.1, -0.05) is 19.1 Å². The number of aromatic nitrogens is 6. The van der Waals surface area contributed by atoms with Crippen molar-refractivity contribution in [1.82, 2.24) is 29.3 Å². The Morgan fingerprint density at radius 1 is 1.06 bits per heavy atom. The van der Waals surface area contributed by atoms with Gasteiger partial charge in [0, 0.05) is 18.7 Å². The standard InChI is InChI=1S/C24H23F3N6O/c1-14-12-32(13-28-14)20-9-8-19(29-23(20)34-3)21-30-22-15(2)18(10-11-33(22)31-21)16-4-6-17(7-5-16)24(25,26)27/h4-9,12-13,15,18H,10-11H2,1-3H3/t15-,18+/m1/s1. The van der Waals surface area contributed by atoms with Crippen LogP contribution >= 0.6 is 0 Å². The third-order valence-electron chi connectivity index (χ3n) is 6.28. The Kier molecular flexibility index (Phi) is 5.38.